The molecular weight excluding hydrogens is 868 g/mol. The zero-order chi connectivity index (χ0) is 44.8. The first-order chi connectivity index (χ1) is 27.6. The second-order valence-electron chi connectivity index (χ2n) is 10.9. The van der Waals surface area contributed by atoms with Crippen molar-refractivity contribution in [1.82, 2.24) is 16.0 Å². The van der Waals surface area contributed by atoms with E-state index >= 15 is 0 Å². The fraction of sp³-hybridized carbons (Fsp3) is 0.694. The van der Waals surface area contributed by atoms with Gasteiger partial charge in [0.2, 0.25) is 28.0 Å². The van der Waals surface area contributed by atoms with Crippen molar-refractivity contribution in [3.63, 3.8) is 0 Å². The van der Waals surface area contributed by atoms with Crippen molar-refractivity contribution in [2.75, 3.05) is 86.3 Å². The molecule has 2 atom stereocenters. The van der Waals surface area contributed by atoms with Gasteiger partial charge in [-0.3, -0.25) is 33.6 Å². The molecule has 0 aromatic heterocycles. The second kappa shape index (κ2) is 49.2. The molecule has 0 heterocycles. The van der Waals surface area contributed by atoms with E-state index in [4.69, 9.17) is 16.1 Å². The summed E-state index contributed by atoms with van der Waals surface area (Å²) in [6.45, 7) is 16.1. The molecule has 4 N–H and O–H groups in total. The average Bonchev–Trinajstić information content (AvgIpc) is 3.14. The first kappa shape index (κ1) is 60.1. The number of carbonyl (C=O) groups is 7. The van der Waals surface area contributed by atoms with Gasteiger partial charge in [-0.1, -0.05) is 73.0 Å². The van der Waals surface area contributed by atoms with Crippen molar-refractivity contribution in [1.29, 1.82) is 6.65 Å². The number of rotatable bonds is 28. The normalized spacial score (nSPS) is 11.5. The number of ether oxygens (including phenoxy) is 2. The van der Waals surface area contributed by atoms with Crippen LogP contribution in [-0.4, -0.2) is 144 Å². The maximum absolute atomic E-state index is 12.0. The number of thioether (sulfide) groups is 6. The molecule has 0 fully saturated rings. The molecule has 2 unspecified atom stereocenters. The van der Waals surface area contributed by atoms with Crippen molar-refractivity contribution in [2.24, 2.45) is 0 Å². The molecule has 0 saturated heterocycles. The Morgan fingerprint density at radius 1 is 0.632 bits per heavy atom. The van der Waals surface area contributed by atoms with Crippen LogP contribution in [0.2, 0.25) is 0 Å². The molecular formula is C36H65BN4O9S7. The molecule has 57 heavy (non-hydrogen) atoms. The summed E-state index contributed by atoms with van der Waals surface area (Å²) in [7, 11) is 0.500. The van der Waals surface area contributed by atoms with Gasteiger partial charge in [-0.05, 0) is 26.0 Å². The van der Waals surface area contributed by atoms with Crippen LogP contribution < -0.4 is 16.0 Å². The van der Waals surface area contributed by atoms with Crippen LogP contribution in [0, 0.1) is 5.31 Å². The third kappa shape index (κ3) is 59.2. The van der Waals surface area contributed by atoms with E-state index in [1.165, 1.54) is 80.0 Å². The zero-order valence-electron chi connectivity index (χ0n) is 35.4. The topological polar surface area (TPSA) is 198 Å². The van der Waals surface area contributed by atoms with Gasteiger partial charge in [-0.15, -0.1) is 0 Å². The number of carbonyl (C=O) groups excluding carboxylic acids is 7. The molecule has 0 aliphatic heterocycles. The first-order valence-corrected chi connectivity index (χ1v) is 24.8. The number of allylic oxidation sites excluding steroid dienone is 2. The first-order valence-electron chi connectivity index (χ1n) is 18.7. The van der Waals surface area contributed by atoms with Crippen molar-refractivity contribution in [2.45, 2.75) is 71.8 Å². The predicted octanol–water partition coefficient (Wildman–Crippen LogP) is 5.20. The molecule has 3 amide bonds. The SMILES string of the molecule is C/C=C/C(=O)SCCOCCSC(=O)/C=C/C.CC(=O)NCCS.CC(=O)NCCSC(C)CC(=O)SCCOCCSC(=O)CC(C)SCCNC(C)=O.[2H]B=N. The molecule has 0 rings (SSSR count). The Balaban J connectivity index is -0.000000447. The minimum atomic E-state index is -0.0357. The molecule has 328 valence electrons. The van der Waals surface area contributed by atoms with Gasteiger partial charge >= 0.3 is 14.3 Å². The second-order valence-corrected chi connectivity index (χ2v) is 19.0. The number of hydrogen-bond acceptors (Lipinski definition) is 17. The van der Waals surface area contributed by atoms with Gasteiger partial charge in [-0.25, -0.2) is 0 Å². The Morgan fingerprint density at radius 3 is 1.23 bits per heavy atom. The van der Waals surface area contributed by atoms with E-state index in [1.807, 2.05) is 27.7 Å². The molecule has 21 heteroatoms. The zero-order valence-corrected chi connectivity index (χ0v) is 40.2. The van der Waals surface area contributed by atoms with Crippen molar-refractivity contribution in [3.05, 3.63) is 24.3 Å². The van der Waals surface area contributed by atoms with Crippen LogP contribution in [0.25, 0.3) is 0 Å². The van der Waals surface area contributed by atoms with Crippen LogP contribution in [0.15, 0.2) is 24.3 Å². The fourth-order valence-corrected chi connectivity index (χ4v) is 8.28. The number of thiol groups is 1. The number of nitrogens with one attached hydrogen (secondary N) is 4. The van der Waals surface area contributed by atoms with Crippen molar-refractivity contribution >= 4 is 129 Å². The molecule has 0 saturated carbocycles. The quantitative estimate of drug-likeness (QED) is 0.0297. The Hall–Kier alpha value is -1.20. The summed E-state index contributed by atoms with van der Waals surface area (Å²) >= 11 is 12.3. The molecule has 0 aliphatic rings. The summed E-state index contributed by atoms with van der Waals surface area (Å²) < 4.78 is 16.6. The molecule has 0 bridgehead atoms. The van der Waals surface area contributed by atoms with Crippen molar-refractivity contribution in [3.8, 4) is 0 Å². The van der Waals surface area contributed by atoms with E-state index < -0.39 is 0 Å². The average molecular weight is 934 g/mol. The number of hydrogen-bond donors (Lipinski definition) is 5. The van der Waals surface area contributed by atoms with Crippen LogP contribution in [0.1, 0.15) is 61.3 Å². The fourth-order valence-electron chi connectivity index (χ4n) is 3.32. The van der Waals surface area contributed by atoms with Gasteiger partial charge in [0.15, 0.2) is 10.2 Å². The Bertz CT molecular complexity index is 1120. The maximum atomic E-state index is 12.0. The van der Waals surface area contributed by atoms with Gasteiger partial charge in [0, 0.05) is 104 Å². The Labute approximate surface area is 374 Å². The predicted molar refractivity (Wildman–Crippen MR) is 254 cm³/mol. The van der Waals surface area contributed by atoms with Crippen LogP contribution in [0.3, 0.4) is 0 Å². The molecule has 0 aromatic carbocycles. The van der Waals surface area contributed by atoms with E-state index in [0.717, 1.165) is 11.5 Å². The molecule has 0 aliphatic carbocycles. The Morgan fingerprint density at radius 2 is 0.947 bits per heavy atom. The monoisotopic (exact) mass is 933 g/mol. The Kier molecular flexibility index (Phi) is 51.9. The van der Waals surface area contributed by atoms with Crippen molar-refractivity contribution < 1.29 is 43.0 Å². The molecule has 0 radical (unpaired) electrons. The molecule has 0 aromatic rings. The van der Waals surface area contributed by atoms with Crippen LogP contribution >= 0.6 is 83.2 Å². The van der Waals surface area contributed by atoms with E-state index in [1.54, 1.807) is 35.7 Å². The van der Waals surface area contributed by atoms with Gasteiger partial charge in [0.05, 0.1) is 26.4 Å². The summed E-state index contributed by atoms with van der Waals surface area (Å²) in [6, 6.07) is 0. The standard InChI is InChI=1S/C20H36N2O5S4.C12H18O3S2.C4H9NOS.BH2N/c1-15(28-9-5-21-17(3)23)13-19(25)30-11-7-27-8-12-31-20(26)14-16(2)29-10-6-22-18(4)24;1-3-5-11(13)16-9-7-15-8-10-17-12(14)6-4-2;1-4(6)5-2-3-7;1-2/h15-16H,5-14H2,1-4H3,(H,21,23)(H,22,24);3-6H,7-10H2,1-2H3;7H,2-3H2,1H3,(H,5,6);1-2H/b;5-3+,6-4+;;/i;;;1D. The summed E-state index contributed by atoms with van der Waals surface area (Å²) in [6.07, 6.45) is 7.52. The van der Waals surface area contributed by atoms with Gasteiger partial charge in [0.25, 0.3) is 0 Å². The molecule has 0 spiro atoms. The van der Waals surface area contributed by atoms with Crippen LogP contribution in [-0.2, 0) is 43.0 Å². The third-order valence-corrected chi connectivity index (χ3v) is 11.6. The summed E-state index contributed by atoms with van der Waals surface area (Å²) in [5.41, 5.74) is 0. The van der Waals surface area contributed by atoms with E-state index in [9.17, 15) is 33.6 Å². The van der Waals surface area contributed by atoms with E-state index in [-0.39, 0.29) is 48.7 Å². The summed E-state index contributed by atoms with van der Waals surface area (Å²) in [5, 5.41) is 14.7. The molecule has 13 nitrogen and oxygen atoms in total. The van der Waals surface area contributed by atoms with Gasteiger partial charge in [0.1, 0.15) is 0 Å². The van der Waals surface area contributed by atoms with Gasteiger partial charge < -0.3 is 25.4 Å². The summed E-state index contributed by atoms with van der Waals surface area (Å²) in [5.74, 6) is 4.77. The third-order valence-electron chi connectivity index (χ3n) is 5.68. The van der Waals surface area contributed by atoms with Crippen LogP contribution in [0.5, 0.6) is 0 Å². The summed E-state index contributed by atoms with van der Waals surface area (Å²) in [4.78, 5) is 77.7. The van der Waals surface area contributed by atoms with E-state index in [2.05, 4.69) is 28.6 Å². The van der Waals surface area contributed by atoms with Gasteiger partial charge in [-0.2, -0.15) is 36.2 Å². The minimum absolute atomic E-state index is 0.00838. The number of amides is 3. The van der Waals surface area contributed by atoms with E-state index in [0.29, 0.717) is 95.3 Å². The van der Waals surface area contributed by atoms with Crippen LogP contribution in [0.4, 0.5) is 0 Å².